The number of nitrogens with one attached hydrogen (secondary N) is 2. The number of morpholine rings is 1. The van der Waals surface area contributed by atoms with Crippen LogP contribution >= 0.6 is 0 Å². The number of hydrogen-bond acceptors (Lipinski definition) is 6. The van der Waals surface area contributed by atoms with E-state index in [1.807, 2.05) is 0 Å². The molecule has 0 spiro atoms. The molecule has 0 saturated carbocycles. The van der Waals surface area contributed by atoms with Gasteiger partial charge in [-0.15, -0.1) is 0 Å². The van der Waals surface area contributed by atoms with Crippen LogP contribution < -0.4 is 5.32 Å². The maximum atomic E-state index is 12.3. The van der Waals surface area contributed by atoms with Crippen LogP contribution in [0.1, 0.15) is 10.4 Å². The zero-order chi connectivity index (χ0) is 16.2. The first-order valence-electron chi connectivity index (χ1n) is 7.24. The number of nitrogens with zero attached hydrogens (tertiary/aromatic N) is 3. The first-order valence-corrected chi connectivity index (χ1v) is 7.24. The van der Waals surface area contributed by atoms with Gasteiger partial charge in [0.2, 0.25) is 5.91 Å². The number of aliphatic hydroxyl groups excluding tert-OH is 1. The van der Waals surface area contributed by atoms with Crippen LogP contribution in [0.4, 0.5) is 0 Å². The van der Waals surface area contributed by atoms with Crippen molar-refractivity contribution in [3.8, 4) is 0 Å². The van der Waals surface area contributed by atoms with Crippen molar-refractivity contribution in [2.45, 2.75) is 6.10 Å². The van der Waals surface area contributed by atoms with E-state index in [1.165, 1.54) is 11.2 Å². The Bertz CT molecular complexity index is 716. The van der Waals surface area contributed by atoms with E-state index in [2.05, 4.69) is 20.3 Å². The van der Waals surface area contributed by atoms with Gasteiger partial charge < -0.3 is 25.0 Å². The zero-order valence-electron chi connectivity index (χ0n) is 12.4. The number of carbonyl (C=O) groups is 2. The SMILES string of the molecule is O=C(NCC1CN(C(=O)CO)CCO1)c1c[nH]c2cncnc12. The van der Waals surface area contributed by atoms with Crippen LogP contribution in [0, 0.1) is 0 Å². The molecule has 0 aliphatic carbocycles. The first kappa shape index (κ1) is 15.4. The van der Waals surface area contributed by atoms with Crippen molar-refractivity contribution in [3.63, 3.8) is 0 Å². The molecule has 1 unspecified atom stereocenters. The minimum absolute atomic E-state index is 0.270. The third-order valence-electron chi connectivity index (χ3n) is 3.70. The quantitative estimate of drug-likeness (QED) is 0.658. The highest BCUT2D eigenvalue weighted by molar-refractivity contribution is 6.04. The van der Waals surface area contributed by atoms with E-state index >= 15 is 0 Å². The third-order valence-corrected chi connectivity index (χ3v) is 3.70. The van der Waals surface area contributed by atoms with Crippen LogP contribution in [0.25, 0.3) is 11.0 Å². The second kappa shape index (κ2) is 6.71. The van der Waals surface area contributed by atoms with Crippen LogP contribution in [-0.2, 0) is 9.53 Å². The van der Waals surface area contributed by atoms with E-state index in [9.17, 15) is 9.59 Å². The van der Waals surface area contributed by atoms with E-state index in [0.717, 1.165) is 0 Å². The summed E-state index contributed by atoms with van der Waals surface area (Å²) in [5, 5.41) is 11.7. The molecule has 1 saturated heterocycles. The molecule has 122 valence electrons. The van der Waals surface area contributed by atoms with Gasteiger partial charge in [0.15, 0.2) is 0 Å². The summed E-state index contributed by atoms with van der Waals surface area (Å²) in [4.78, 5) is 36.2. The van der Waals surface area contributed by atoms with Gasteiger partial charge in [0.05, 0.1) is 30.0 Å². The largest absolute Gasteiger partial charge is 0.387 e. The number of aromatic amines is 1. The predicted molar refractivity (Wildman–Crippen MR) is 79.6 cm³/mol. The summed E-state index contributed by atoms with van der Waals surface area (Å²) in [6, 6.07) is 0. The van der Waals surface area contributed by atoms with Crippen LogP contribution in [-0.4, -0.2) is 75.7 Å². The Kier molecular flexibility index (Phi) is 4.49. The normalized spacial score (nSPS) is 18.1. The maximum Gasteiger partial charge on any atom is 0.255 e. The molecule has 0 radical (unpaired) electrons. The fourth-order valence-electron chi connectivity index (χ4n) is 2.51. The van der Waals surface area contributed by atoms with Crippen molar-refractivity contribution in [1.82, 2.24) is 25.2 Å². The van der Waals surface area contributed by atoms with Gasteiger partial charge >= 0.3 is 0 Å². The average Bonchev–Trinajstić information content (AvgIpc) is 3.03. The van der Waals surface area contributed by atoms with E-state index in [0.29, 0.717) is 36.3 Å². The van der Waals surface area contributed by atoms with Crippen molar-refractivity contribution in [2.24, 2.45) is 0 Å². The molecule has 9 heteroatoms. The average molecular weight is 319 g/mol. The fraction of sp³-hybridized carbons (Fsp3) is 0.429. The predicted octanol–water partition coefficient (Wildman–Crippen LogP) is -1.09. The smallest absolute Gasteiger partial charge is 0.255 e. The number of H-pyrrole nitrogens is 1. The monoisotopic (exact) mass is 319 g/mol. The van der Waals surface area contributed by atoms with Gasteiger partial charge in [0, 0.05) is 25.8 Å². The van der Waals surface area contributed by atoms with Gasteiger partial charge in [-0.1, -0.05) is 0 Å². The van der Waals surface area contributed by atoms with E-state index in [-0.39, 0.29) is 24.5 Å². The van der Waals surface area contributed by atoms with Gasteiger partial charge in [-0.2, -0.15) is 0 Å². The van der Waals surface area contributed by atoms with Crippen LogP contribution in [0.3, 0.4) is 0 Å². The van der Waals surface area contributed by atoms with Gasteiger partial charge in [0.25, 0.3) is 5.91 Å². The highest BCUT2D eigenvalue weighted by Gasteiger charge is 2.24. The molecule has 1 aliphatic heterocycles. The highest BCUT2D eigenvalue weighted by Crippen LogP contribution is 2.13. The molecule has 1 fully saturated rings. The molecule has 3 N–H and O–H groups in total. The number of hydrogen-bond donors (Lipinski definition) is 3. The summed E-state index contributed by atoms with van der Waals surface area (Å²) in [7, 11) is 0. The van der Waals surface area contributed by atoms with Crippen molar-refractivity contribution in [3.05, 3.63) is 24.3 Å². The molecule has 0 aromatic carbocycles. The van der Waals surface area contributed by atoms with E-state index in [1.54, 1.807) is 12.4 Å². The number of carbonyl (C=O) groups excluding carboxylic acids is 2. The zero-order valence-corrected chi connectivity index (χ0v) is 12.4. The first-order chi connectivity index (χ1) is 11.2. The standard InChI is InChI=1S/C14H17N5O4/c20-7-12(21)19-1-2-23-9(6-19)3-17-14(22)10-4-16-11-5-15-8-18-13(10)11/h4-5,8-9,16,20H,1-3,6-7H2,(H,17,22). The topological polar surface area (TPSA) is 120 Å². The second-order valence-corrected chi connectivity index (χ2v) is 5.19. The Hall–Kier alpha value is -2.52. The number of aromatic nitrogens is 3. The van der Waals surface area contributed by atoms with Crippen molar-refractivity contribution >= 4 is 22.8 Å². The van der Waals surface area contributed by atoms with Crippen molar-refractivity contribution < 1.29 is 19.4 Å². The Morgan fingerprint density at radius 2 is 2.39 bits per heavy atom. The Morgan fingerprint density at radius 1 is 1.52 bits per heavy atom. The summed E-state index contributed by atoms with van der Waals surface area (Å²) in [5.74, 6) is -0.609. The second-order valence-electron chi connectivity index (χ2n) is 5.19. The molecular formula is C14H17N5O4. The Balaban J connectivity index is 1.59. The summed E-state index contributed by atoms with van der Waals surface area (Å²) >= 11 is 0. The molecule has 2 aromatic heterocycles. The molecule has 1 atom stereocenters. The number of rotatable bonds is 4. The third kappa shape index (κ3) is 3.30. The summed E-state index contributed by atoms with van der Waals surface area (Å²) in [5.41, 5.74) is 1.67. The van der Waals surface area contributed by atoms with Gasteiger partial charge in [0.1, 0.15) is 18.5 Å². The number of ether oxygens (including phenoxy) is 1. The Morgan fingerprint density at radius 3 is 3.22 bits per heavy atom. The molecule has 2 amide bonds. The summed E-state index contributed by atoms with van der Waals surface area (Å²) in [6.07, 6.45) is 4.26. The molecule has 1 aliphatic rings. The van der Waals surface area contributed by atoms with Gasteiger partial charge in [-0.3, -0.25) is 9.59 Å². The van der Waals surface area contributed by atoms with Gasteiger partial charge in [-0.05, 0) is 0 Å². The molecule has 3 rings (SSSR count). The molecule has 3 heterocycles. The van der Waals surface area contributed by atoms with Crippen LogP contribution in [0.2, 0.25) is 0 Å². The molecular weight excluding hydrogens is 302 g/mol. The Labute approximate surface area is 131 Å². The van der Waals surface area contributed by atoms with Gasteiger partial charge in [-0.25, -0.2) is 9.97 Å². The van der Waals surface area contributed by atoms with E-state index in [4.69, 9.17) is 9.84 Å². The molecule has 2 aromatic rings. The van der Waals surface area contributed by atoms with Crippen LogP contribution in [0.5, 0.6) is 0 Å². The lowest BCUT2D eigenvalue weighted by Gasteiger charge is -2.32. The maximum absolute atomic E-state index is 12.3. The summed E-state index contributed by atoms with van der Waals surface area (Å²) < 4.78 is 5.53. The summed E-state index contributed by atoms with van der Waals surface area (Å²) in [6.45, 7) is 0.922. The highest BCUT2D eigenvalue weighted by atomic mass is 16.5. The molecule has 9 nitrogen and oxygen atoms in total. The lowest BCUT2D eigenvalue weighted by Crippen LogP contribution is -2.50. The number of aliphatic hydroxyl groups is 1. The minimum atomic E-state index is -0.520. The van der Waals surface area contributed by atoms with Crippen molar-refractivity contribution in [1.29, 1.82) is 0 Å². The fourth-order valence-corrected chi connectivity index (χ4v) is 2.51. The number of amides is 2. The lowest BCUT2D eigenvalue weighted by molar-refractivity contribution is -0.141. The minimum Gasteiger partial charge on any atom is -0.387 e. The lowest BCUT2D eigenvalue weighted by atomic mass is 10.2. The van der Waals surface area contributed by atoms with E-state index < -0.39 is 6.61 Å². The van der Waals surface area contributed by atoms with Crippen molar-refractivity contribution in [2.75, 3.05) is 32.8 Å². The van der Waals surface area contributed by atoms with Crippen LogP contribution in [0.15, 0.2) is 18.7 Å². The molecule has 23 heavy (non-hydrogen) atoms. The number of fused-ring (bicyclic) bond motifs is 1. The molecule has 0 bridgehead atoms.